The van der Waals surface area contributed by atoms with Crippen molar-refractivity contribution >= 4 is 5.97 Å². The summed E-state index contributed by atoms with van der Waals surface area (Å²) < 4.78 is 12.3. The summed E-state index contributed by atoms with van der Waals surface area (Å²) in [6, 6.07) is 0. The Morgan fingerprint density at radius 1 is 1.20 bits per heavy atom. The van der Waals surface area contributed by atoms with Gasteiger partial charge in [-0.25, -0.2) is 0 Å². The molecule has 1 heterocycles. The number of morpholine rings is 1. The number of carbonyl (C=O) groups excluding carboxylic acids is 1. The number of hydrogen-bond acceptors (Lipinski definition) is 3. The summed E-state index contributed by atoms with van der Waals surface area (Å²) in [6.07, 6.45) is 0.508. The second-order valence-electron chi connectivity index (χ2n) is 6.39. The number of likely N-dealkylation sites (N-methyl/N-ethyl adjacent to an activating group) is 2. The van der Waals surface area contributed by atoms with Gasteiger partial charge in [-0.2, -0.15) is 0 Å². The van der Waals surface area contributed by atoms with Gasteiger partial charge in [-0.05, 0) is 0 Å². The molecule has 20 heavy (non-hydrogen) atoms. The Hall–Kier alpha value is 0.810. The molecule has 1 saturated heterocycles. The lowest BCUT2D eigenvalue weighted by Gasteiger charge is -2.37. The third kappa shape index (κ3) is 10.5. The zero-order valence-corrected chi connectivity index (χ0v) is 17.3. The van der Waals surface area contributed by atoms with Crippen molar-refractivity contribution in [3.05, 3.63) is 0 Å². The zero-order chi connectivity index (χ0) is 13.6. The van der Waals surface area contributed by atoms with E-state index in [0.29, 0.717) is 13.0 Å². The molecule has 0 aromatic rings. The van der Waals surface area contributed by atoms with E-state index in [1.807, 2.05) is 0 Å². The number of hydrogen-bond donors (Lipinski definition) is 0. The van der Waals surface area contributed by atoms with Crippen LogP contribution in [0.25, 0.3) is 0 Å². The van der Waals surface area contributed by atoms with Gasteiger partial charge in [0, 0.05) is 0 Å². The van der Waals surface area contributed by atoms with E-state index in [1.165, 1.54) is 0 Å². The van der Waals surface area contributed by atoms with Crippen LogP contribution < -0.4 is 48.0 Å². The van der Waals surface area contributed by atoms with E-state index in [0.717, 1.165) is 48.4 Å². The van der Waals surface area contributed by atoms with Crippen molar-refractivity contribution in [2.24, 2.45) is 0 Å². The topological polar surface area (TPSA) is 35.5 Å². The fourth-order valence-electron chi connectivity index (χ4n) is 1.87. The molecule has 0 radical (unpaired) electrons. The normalized spacial score (nSPS) is 17.6. The minimum absolute atomic E-state index is 0. The van der Waals surface area contributed by atoms with E-state index >= 15 is 0 Å². The van der Waals surface area contributed by atoms with E-state index in [1.54, 1.807) is 0 Å². The minimum atomic E-state index is -0.0747. The molecular formula is C13H28I2N2O3. The molecule has 0 saturated carbocycles. The predicted octanol–water partition coefficient (Wildman–Crippen LogP) is -5.89. The second-order valence-corrected chi connectivity index (χ2v) is 6.39. The van der Waals surface area contributed by atoms with E-state index in [9.17, 15) is 4.79 Å². The maximum atomic E-state index is 11.6. The van der Waals surface area contributed by atoms with E-state index < -0.39 is 0 Å². The van der Waals surface area contributed by atoms with Gasteiger partial charge in [0.1, 0.15) is 26.2 Å². The predicted molar refractivity (Wildman–Crippen MR) is 70.1 cm³/mol. The summed E-state index contributed by atoms with van der Waals surface area (Å²) in [5.74, 6) is -0.0747. The van der Waals surface area contributed by atoms with Crippen LogP contribution in [0.3, 0.4) is 0 Å². The highest BCUT2D eigenvalue weighted by Gasteiger charge is 2.26. The number of carbonyl (C=O) groups is 1. The lowest BCUT2D eigenvalue weighted by molar-refractivity contribution is -0.916. The van der Waals surface area contributed by atoms with Crippen molar-refractivity contribution in [3.8, 4) is 0 Å². The van der Waals surface area contributed by atoms with E-state index in [-0.39, 0.29) is 53.9 Å². The zero-order valence-electron chi connectivity index (χ0n) is 13.0. The first-order chi connectivity index (χ1) is 8.31. The summed E-state index contributed by atoms with van der Waals surface area (Å²) in [7, 11) is 8.46. The summed E-state index contributed by atoms with van der Waals surface area (Å²) in [5, 5.41) is 0. The molecule has 122 valence electrons. The first-order valence-corrected chi connectivity index (χ1v) is 6.68. The van der Waals surface area contributed by atoms with Crippen molar-refractivity contribution in [2.45, 2.75) is 6.42 Å². The Labute approximate surface area is 157 Å². The van der Waals surface area contributed by atoms with Crippen LogP contribution in [0.1, 0.15) is 6.42 Å². The maximum absolute atomic E-state index is 11.6. The third-order valence-electron chi connectivity index (χ3n) is 3.43. The molecule has 1 aliphatic rings. The van der Waals surface area contributed by atoms with E-state index in [4.69, 9.17) is 9.47 Å². The molecule has 0 N–H and O–H groups in total. The van der Waals surface area contributed by atoms with Crippen LogP contribution in [-0.2, 0) is 14.3 Å². The van der Waals surface area contributed by atoms with Crippen LogP contribution in [0.15, 0.2) is 0 Å². The summed E-state index contributed by atoms with van der Waals surface area (Å²) >= 11 is 0. The molecule has 0 unspecified atom stereocenters. The highest BCUT2D eigenvalue weighted by molar-refractivity contribution is 5.69. The first-order valence-electron chi connectivity index (χ1n) is 6.68. The highest BCUT2D eigenvalue weighted by atomic mass is 127. The minimum Gasteiger partial charge on any atom is -1.00 e. The molecule has 0 amide bonds. The van der Waals surface area contributed by atoms with Gasteiger partial charge < -0.3 is 66.4 Å². The molecule has 5 nitrogen and oxygen atoms in total. The second kappa shape index (κ2) is 10.5. The van der Waals surface area contributed by atoms with Crippen molar-refractivity contribution in [1.82, 2.24) is 0 Å². The van der Waals surface area contributed by atoms with Crippen molar-refractivity contribution in [1.29, 1.82) is 0 Å². The van der Waals surface area contributed by atoms with Crippen molar-refractivity contribution < 1.29 is 71.2 Å². The van der Waals surface area contributed by atoms with Gasteiger partial charge in [-0.1, -0.05) is 0 Å². The average Bonchev–Trinajstić information content (AvgIpc) is 2.26. The molecular weight excluding hydrogens is 486 g/mol. The van der Waals surface area contributed by atoms with Crippen LogP contribution >= 0.6 is 0 Å². The number of esters is 1. The lowest BCUT2D eigenvalue weighted by Crippen LogP contribution is -3.00. The number of rotatable bonds is 6. The SMILES string of the molecule is C[N+](C)(C)CCOC(=O)CC[N+]1(C)CCOCC1.[I-].[I-]. The van der Waals surface area contributed by atoms with Gasteiger partial charge >= 0.3 is 5.97 Å². The van der Waals surface area contributed by atoms with Gasteiger partial charge in [0.2, 0.25) is 0 Å². The standard InChI is InChI=1S/C13H28N2O3.2HI/c1-14(2,3)7-12-18-13(16)5-6-15(4)8-10-17-11-9-15;;/h5-12H2,1-4H3;2*1H/q+2;;/p-2. The Balaban J connectivity index is 0. The van der Waals surface area contributed by atoms with Gasteiger partial charge in [-0.15, -0.1) is 0 Å². The molecule has 0 aromatic carbocycles. The monoisotopic (exact) mass is 514 g/mol. The van der Waals surface area contributed by atoms with Crippen LogP contribution in [-0.4, -0.2) is 89.1 Å². The molecule has 0 spiro atoms. The van der Waals surface area contributed by atoms with Crippen LogP contribution in [0, 0.1) is 0 Å². The third-order valence-corrected chi connectivity index (χ3v) is 3.43. The number of halogens is 2. The van der Waals surface area contributed by atoms with Crippen molar-refractivity contribution in [3.63, 3.8) is 0 Å². The number of nitrogens with zero attached hydrogens (tertiary/aromatic N) is 2. The largest absolute Gasteiger partial charge is 1.00 e. The Morgan fingerprint density at radius 3 is 2.25 bits per heavy atom. The molecule has 1 aliphatic heterocycles. The van der Waals surface area contributed by atoms with Crippen LogP contribution in [0.5, 0.6) is 0 Å². The Bertz CT molecular complexity index is 277. The van der Waals surface area contributed by atoms with Crippen molar-refractivity contribution in [2.75, 3.05) is 74.2 Å². The smallest absolute Gasteiger partial charge is 0.311 e. The molecule has 0 aliphatic carbocycles. The van der Waals surface area contributed by atoms with Gasteiger partial charge in [0.05, 0.1) is 54.4 Å². The van der Waals surface area contributed by atoms with Crippen LogP contribution in [0.2, 0.25) is 0 Å². The molecule has 7 heteroatoms. The summed E-state index contributed by atoms with van der Waals surface area (Å²) in [4.78, 5) is 11.6. The number of ether oxygens (including phenoxy) is 2. The molecule has 1 fully saturated rings. The van der Waals surface area contributed by atoms with Gasteiger partial charge in [0.15, 0.2) is 0 Å². The molecule has 1 rings (SSSR count). The molecule has 0 bridgehead atoms. The molecule has 0 aromatic heterocycles. The summed E-state index contributed by atoms with van der Waals surface area (Å²) in [5.41, 5.74) is 0. The van der Waals surface area contributed by atoms with Crippen LogP contribution in [0.4, 0.5) is 0 Å². The highest BCUT2D eigenvalue weighted by Crippen LogP contribution is 2.08. The summed E-state index contributed by atoms with van der Waals surface area (Å²) in [6.45, 7) is 5.80. The Kier molecular flexibility index (Phi) is 12.1. The average molecular weight is 514 g/mol. The quantitative estimate of drug-likeness (QED) is 0.202. The van der Waals surface area contributed by atoms with Gasteiger partial charge in [-0.3, -0.25) is 4.79 Å². The fraction of sp³-hybridized carbons (Fsp3) is 0.923. The lowest BCUT2D eigenvalue weighted by atomic mass is 10.3. The molecule has 0 atom stereocenters. The fourth-order valence-corrected chi connectivity index (χ4v) is 1.87. The number of quaternary nitrogens is 2. The first kappa shape index (κ1) is 23.1. The van der Waals surface area contributed by atoms with Gasteiger partial charge in [0.25, 0.3) is 0 Å². The maximum Gasteiger partial charge on any atom is 0.311 e. The Morgan fingerprint density at radius 2 is 1.75 bits per heavy atom. The van der Waals surface area contributed by atoms with E-state index in [2.05, 4.69) is 28.2 Å².